The van der Waals surface area contributed by atoms with Gasteiger partial charge in [-0.1, -0.05) is 30.4 Å². The highest BCUT2D eigenvalue weighted by atomic mass is 19.4. The van der Waals surface area contributed by atoms with E-state index in [1.54, 1.807) is 0 Å². The Labute approximate surface area is 219 Å². The van der Waals surface area contributed by atoms with E-state index >= 15 is 0 Å². The van der Waals surface area contributed by atoms with Crippen molar-refractivity contribution in [1.82, 2.24) is 10.2 Å². The molecule has 0 radical (unpaired) electrons. The second-order valence-corrected chi connectivity index (χ2v) is 9.52. The van der Waals surface area contributed by atoms with E-state index < -0.39 is 35.6 Å². The van der Waals surface area contributed by atoms with E-state index in [9.17, 15) is 27.9 Å². The van der Waals surface area contributed by atoms with Crippen molar-refractivity contribution in [3.63, 3.8) is 0 Å². The minimum absolute atomic E-state index is 0.101. The Bertz CT molecular complexity index is 1130. The molecule has 2 atom stereocenters. The van der Waals surface area contributed by atoms with Crippen molar-refractivity contribution in [2.45, 2.75) is 56.8 Å². The molecule has 1 aliphatic carbocycles. The number of ketones is 1. The summed E-state index contributed by atoms with van der Waals surface area (Å²) in [5, 5.41) is 14.0. The molecule has 0 unspecified atom stereocenters. The number of nitrogens with one attached hydrogen (secondary N) is 1. The maximum Gasteiger partial charge on any atom is 0.416 e. The first-order valence-corrected chi connectivity index (χ1v) is 12.7. The van der Waals surface area contributed by atoms with Crippen LogP contribution in [0.5, 0.6) is 0 Å². The first-order valence-electron chi connectivity index (χ1n) is 12.7. The van der Waals surface area contributed by atoms with Gasteiger partial charge in [0.2, 0.25) is 5.91 Å². The molecule has 2 heterocycles. The zero-order valence-corrected chi connectivity index (χ0v) is 20.9. The van der Waals surface area contributed by atoms with Crippen LogP contribution in [0.15, 0.2) is 72.1 Å². The van der Waals surface area contributed by atoms with Gasteiger partial charge in [0.15, 0.2) is 17.3 Å². The van der Waals surface area contributed by atoms with Gasteiger partial charge in [0.1, 0.15) is 18.6 Å². The van der Waals surface area contributed by atoms with Crippen molar-refractivity contribution >= 4 is 11.7 Å². The normalized spacial score (nSPS) is 19.4. The molecule has 0 saturated carbocycles. The van der Waals surface area contributed by atoms with Gasteiger partial charge in [-0.15, -0.1) is 0 Å². The van der Waals surface area contributed by atoms with Gasteiger partial charge in [-0.05, 0) is 56.5 Å². The molecule has 0 spiro atoms. The number of nitrogens with zero attached hydrogens (tertiary/aromatic N) is 1. The molecule has 1 fully saturated rings. The highest BCUT2D eigenvalue weighted by Crippen LogP contribution is 2.30. The summed E-state index contributed by atoms with van der Waals surface area (Å²) in [5.74, 6) is -0.230. The SMILES string of the molecule is O=C(CCC(=O)c1ccc(C(F)(F)F)cc1)N[C@H](CN1CCCC1)[C@@H](O)C1=COC=C(C2=CC=CCC2)O1. The van der Waals surface area contributed by atoms with Gasteiger partial charge in [0.05, 0.1) is 11.6 Å². The Kier molecular flexibility index (Phi) is 9.06. The number of alkyl halides is 3. The molecule has 7 nitrogen and oxygen atoms in total. The van der Waals surface area contributed by atoms with Crippen LogP contribution in [-0.4, -0.2) is 53.5 Å². The molecular weight excluding hydrogens is 501 g/mol. The molecule has 2 N–H and O–H groups in total. The average Bonchev–Trinajstić information content (AvgIpc) is 3.44. The maximum atomic E-state index is 12.8. The molecule has 10 heteroatoms. The third-order valence-electron chi connectivity index (χ3n) is 6.70. The molecule has 1 saturated heterocycles. The Balaban J connectivity index is 1.36. The first-order chi connectivity index (χ1) is 18.2. The van der Waals surface area contributed by atoms with Crippen molar-refractivity contribution in [2.24, 2.45) is 0 Å². The Morgan fingerprint density at radius 3 is 2.47 bits per heavy atom. The fraction of sp³-hybridized carbons (Fsp3) is 0.429. The summed E-state index contributed by atoms with van der Waals surface area (Å²) in [5.41, 5.74) is 0.193. The number of likely N-dealkylation sites (tertiary alicyclic amines) is 1. The summed E-state index contributed by atoms with van der Waals surface area (Å²) in [6.45, 7) is 2.06. The minimum Gasteiger partial charge on any atom is -0.465 e. The number of benzene rings is 1. The predicted molar refractivity (Wildman–Crippen MR) is 133 cm³/mol. The molecule has 0 aromatic heterocycles. The Morgan fingerprint density at radius 2 is 1.82 bits per heavy atom. The largest absolute Gasteiger partial charge is 0.465 e. The van der Waals surface area contributed by atoms with Gasteiger partial charge in [0, 0.05) is 24.9 Å². The number of allylic oxidation sites excluding steroid dienone is 4. The molecule has 204 valence electrons. The lowest BCUT2D eigenvalue weighted by molar-refractivity contribution is -0.137. The third kappa shape index (κ3) is 7.35. The summed E-state index contributed by atoms with van der Waals surface area (Å²) in [4.78, 5) is 27.4. The van der Waals surface area contributed by atoms with Crippen LogP contribution in [0.25, 0.3) is 0 Å². The fourth-order valence-electron chi connectivity index (χ4n) is 4.58. The summed E-state index contributed by atoms with van der Waals surface area (Å²) in [7, 11) is 0. The van der Waals surface area contributed by atoms with E-state index in [1.807, 2.05) is 18.2 Å². The average molecular weight is 533 g/mol. The number of halogens is 3. The van der Waals surface area contributed by atoms with Crippen LogP contribution in [0, 0.1) is 0 Å². The predicted octanol–water partition coefficient (Wildman–Crippen LogP) is 4.62. The first kappa shape index (κ1) is 27.7. The zero-order valence-electron chi connectivity index (χ0n) is 20.9. The molecule has 3 aliphatic rings. The number of carbonyl (C=O) groups excluding carboxylic acids is 2. The van der Waals surface area contributed by atoms with Crippen LogP contribution in [-0.2, 0) is 20.4 Å². The standard InChI is InChI=1S/C28H31F3N2O5/c29-28(30,31)21-10-8-19(9-11-21)23(34)12-13-26(35)32-22(16-33-14-4-5-15-33)27(36)25-18-37-17-24(38-25)20-6-2-1-3-7-20/h1-2,6,8-11,17-18,22,27,36H,3-5,7,12-16H2,(H,32,35)/t22-,27-/m1/s1. The quantitative estimate of drug-likeness (QED) is 0.428. The summed E-state index contributed by atoms with van der Waals surface area (Å²) in [6.07, 6.45) is 6.32. The van der Waals surface area contributed by atoms with Gasteiger partial charge < -0.3 is 24.8 Å². The van der Waals surface area contributed by atoms with Crippen molar-refractivity contribution in [3.05, 3.63) is 83.2 Å². The summed E-state index contributed by atoms with van der Waals surface area (Å²) >= 11 is 0. The van der Waals surface area contributed by atoms with Crippen molar-refractivity contribution in [3.8, 4) is 0 Å². The van der Waals surface area contributed by atoms with Crippen molar-refractivity contribution in [2.75, 3.05) is 19.6 Å². The topological polar surface area (TPSA) is 88.1 Å². The molecule has 1 aromatic carbocycles. The van der Waals surface area contributed by atoms with Crippen LogP contribution < -0.4 is 5.32 Å². The minimum atomic E-state index is -4.49. The number of hydrogen-bond acceptors (Lipinski definition) is 6. The van der Waals surface area contributed by atoms with Crippen molar-refractivity contribution < 1.29 is 37.3 Å². The van der Waals surface area contributed by atoms with E-state index in [2.05, 4.69) is 10.2 Å². The second kappa shape index (κ2) is 12.4. The van der Waals surface area contributed by atoms with Crippen LogP contribution in [0.4, 0.5) is 13.2 Å². The number of Topliss-reactive ketones (excluding diaryl/α,β-unsaturated/α-hetero) is 1. The third-order valence-corrected chi connectivity index (χ3v) is 6.70. The fourth-order valence-corrected chi connectivity index (χ4v) is 4.58. The van der Waals surface area contributed by atoms with Gasteiger partial charge in [0.25, 0.3) is 0 Å². The van der Waals surface area contributed by atoms with E-state index in [0.717, 1.165) is 68.6 Å². The van der Waals surface area contributed by atoms with Crippen LogP contribution in [0.2, 0.25) is 0 Å². The number of amides is 1. The summed E-state index contributed by atoms with van der Waals surface area (Å²) < 4.78 is 49.7. The lowest BCUT2D eigenvalue weighted by Gasteiger charge is -2.30. The van der Waals surface area contributed by atoms with Gasteiger partial charge in [-0.2, -0.15) is 13.2 Å². The van der Waals surface area contributed by atoms with Crippen molar-refractivity contribution in [1.29, 1.82) is 0 Å². The smallest absolute Gasteiger partial charge is 0.416 e. The number of hydrogen-bond donors (Lipinski definition) is 2. The summed E-state index contributed by atoms with van der Waals surface area (Å²) in [6, 6.07) is 3.18. The molecule has 2 aliphatic heterocycles. The highest BCUT2D eigenvalue weighted by molar-refractivity contribution is 5.98. The van der Waals surface area contributed by atoms with Gasteiger partial charge >= 0.3 is 6.18 Å². The second-order valence-electron chi connectivity index (χ2n) is 9.52. The highest BCUT2D eigenvalue weighted by Gasteiger charge is 2.32. The molecular formula is C28H31F3N2O5. The van der Waals surface area contributed by atoms with E-state index in [1.165, 1.54) is 12.5 Å². The Morgan fingerprint density at radius 1 is 1.08 bits per heavy atom. The zero-order chi connectivity index (χ0) is 27.1. The molecule has 38 heavy (non-hydrogen) atoms. The lowest BCUT2D eigenvalue weighted by atomic mass is 10.0. The van der Waals surface area contributed by atoms with Gasteiger partial charge in [-0.3, -0.25) is 9.59 Å². The Hall–Kier alpha value is -3.37. The number of aliphatic hydroxyl groups excluding tert-OH is 1. The van der Waals surface area contributed by atoms with E-state index in [0.29, 0.717) is 12.3 Å². The van der Waals surface area contributed by atoms with Crippen LogP contribution in [0.3, 0.4) is 0 Å². The monoisotopic (exact) mass is 532 g/mol. The van der Waals surface area contributed by atoms with E-state index in [4.69, 9.17) is 9.47 Å². The molecule has 1 amide bonds. The van der Waals surface area contributed by atoms with Crippen LogP contribution in [0.1, 0.15) is 54.4 Å². The number of carbonyl (C=O) groups is 2. The molecule has 4 rings (SSSR count). The molecule has 1 aromatic rings. The maximum absolute atomic E-state index is 12.8. The molecule has 0 bridgehead atoms. The van der Waals surface area contributed by atoms with Gasteiger partial charge in [-0.25, -0.2) is 0 Å². The lowest BCUT2D eigenvalue weighted by Crippen LogP contribution is -2.51. The number of rotatable bonds is 10. The number of ether oxygens (including phenoxy) is 2. The van der Waals surface area contributed by atoms with E-state index in [-0.39, 0.29) is 24.2 Å². The number of aliphatic hydroxyl groups is 1. The van der Waals surface area contributed by atoms with Crippen LogP contribution >= 0.6 is 0 Å².